The lowest BCUT2D eigenvalue weighted by Gasteiger charge is -2.26. The van der Waals surface area contributed by atoms with Gasteiger partial charge in [0.2, 0.25) is 11.9 Å². The highest BCUT2D eigenvalue weighted by Crippen LogP contribution is 2.30. The molecule has 12 heteroatoms. The zero-order chi connectivity index (χ0) is 28.7. The summed E-state index contributed by atoms with van der Waals surface area (Å²) in [5.74, 6) is -2.11. The van der Waals surface area contributed by atoms with Crippen molar-refractivity contribution in [2.24, 2.45) is 0 Å². The molecule has 3 aromatic heterocycles. The van der Waals surface area contributed by atoms with Crippen molar-refractivity contribution in [3.63, 3.8) is 0 Å². The molecule has 1 fully saturated rings. The highest BCUT2D eigenvalue weighted by atomic mass is 19.1. The molecule has 1 aliphatic rings. The number of nitrogens with one attached hydrogen (secondary N) is 1. The highest BCUT2D eigenvalue weighted by Gasteiger charge is 2.26. The number of likely N-dealkylation sites (N-methyl/N-ethyl adjacent to an activating group) is 1. The molecule has 0 aliphatic carbocycles. The number of carbonyl (C=O) groups excluding carboxylic acids is 1. The van der Waals surface area contributed by atoms with Gasteiger partial charge in [-0.3, -0.25) is 4.79 Å². The molecule has 4 heterocycles. The van der Waals surface area contributed by atoms with Crippen LogP contribution in [0, 0.1) is 24.5 Å². The van der Waals surface area contributed by atoms with Crippen molar-refractivity contribution in [1.29, 1.82) is 0 Å². The van der Waals surface area contributed by atoms with E-state index in [4.69, 9.17) is 0 Å². The quantitative estimate of drug-likeness (QED) is 0.344. The van der Waals surface area contributed by atoms with Crippen LogP contribution >= 0.6 is 0 Å². The zero-order valence-electron chi connectivity index (χ0n) is 23.0. The first-order chi connectivity index (χ1) is 19.0. The van der Waals surface area contributed by atoms with Crippen molar-refractivity contribution in [3.8, 4) is 11.3 Å². The maximum absolute atomic E-state index is 15.0. The van der Waals surface area contributed by atoms with Crippen LogP contribution in [0.2, 0.25) is 0 Å². The van der Waals surface area contributed by atoms with E-state index in [-0.39, 0.29) is 46.2 Å². The topological polar surface area (TPSA) is 92.1 Å². The fraction of sp³-hybridized carbons (Fsp3) is 0.393. The SMILES string of the molecule is Cc1nc2c(F)cc(-c3nc(Nc4ccc(C(=O)N5CCCN(C)[C@@H](C)C5)c(F)n4)ncc3F)cc2n1C(C)C. The van der Waals surface area contributed by atoms with E-state index in [1.807, 2.05) is 32.4 Å². The Kier molecular flexibility index (Phi) is 7.45. The van der Waals surface area contributed by atoms with E-state index in [0.29, 0.717) is 24.4 Å². The van der Waals surface area contributed by atoms with Gasteiger partial charge in [0.25, 0.3) is 5.91 Å². The molecule has 0 saturated carbocycles. The molecule has 40 heavy (non-hydrogen) atoms. The number of benzene rings is 1. The number of anilines is 2. The van der Waals surface area contributed by atoms with Crippen LogP contribution in [0.4, 0.5) is 24.9 Å². The van der Waals surface area contributed by atoms with Crippen LogP contribution in [0.25, 0.3) is 22.3 Å². The number of nitrogens with zero attached hydrogens (tertiary/aromatic N) is 7. The molecule has 4 aromatic rings. The summed E-state index contributed by atoms with van der Waals surface area (Å²) >= 11 is 0. The number of hydrogen-bond donors (Lipinski definition) is 1. The molecule has 0 radical (unpaired) electrons. The standard InChI is InChI=1S/C28H31F3N8O/c1-15(2)39-17(4)33-25-20(29)11-18(12-22(25)39)24-21(30)13-32-28(36-24)35-23-8-7-19(26(31)34-23)27(40)38-10-6-9-37(5)16(3)14-38/h7-8,11-13,15-16H,6,9-10,14H2,1-5H3,(H,32,34,35,36)/t16-/m0/s1. The smallest absolute Gasteiger partial charge is 0.258 e. The Morgan fingerprint density at radius 1 is 1.07 bits per heavy atom. The van der Waals surface area contributed by atoms with E-state index in [0.717, 1.165) is 19.2 Å². The number of imidazole rings is 1. The normalized spacial score (nSPS) is 16.5. The Morgan fingerprint density at radius 2 is 1.85 bits per heavy atom. The van der Waals surface area contributed by atoms with E-state index in [1.54, 1.807) is 17.9 Å². The number of aromatic nitrogens is 5. The van der Waals surface area contributed by atoms with Gasteiger partial charge in [-0.1, -0.05) is 0 Å². The molecule has 0 spiro atoms. The number of aryl methyl sites for hydroxylation is 1. The zero-order valence-corrected chi connectivity index (χ0v) is 23.0. The van der Waals surface area contributed by atoms with Crippen molar-refractivity contribution in [3.05, 3.63) is 59.4 Å². The summed E-state index contributed by atoms with van der Waals surface area (Å²) in [5, 5.41) is 2.75. The second-order valence-corrected chi connectivity index (χ2v) is 10.4. The van der Waals surface area contributed by atoms with Crippen molar-refractivity contribution >= 4 is 28.7 Å². The molecule has 1 N–H and O–H groups in total. The van der Waals surface area contributed by atoms with Crippen LogP contribution < -0.4 is 5.32 Å². The molecular weight excluding hydrogens is 521 g/mol. The third-order valence-electron chi connectivity index (χ3n) is 7.24. The Morgan fingerprint density at radius 3 is 2.58 bits per heavy atom. The summed E-state index contributed by atoms with van der Waals surface area (Å²) < 4.78 is 46.6. The summed E-state index contributed by atoms with van der Waals surface area (Å²) in [4.78, 5) is 33.2. The highest BCUT2D eigenvalue weighted by molar-refractivity contribution is 5.94. The molecule has 210 valence electrons. The molecule has 1 amide bonds. The van der Waals surface area contributed by atoms with Crippen LogP contribution in [0.3, 0.4) is 0 Å². The van der Waals surface area contributed by atoms with Crippen molar-refractivity contribution in [2.75, 3.05) is 32.0 Å². The molecule has 1 aliphatic heterocycles. The van der Waals surface area contributed by atoms with E-state index in [2.05, 4.69) is 30.2 Å². The van der Waals surface area contributed by atoms with Gasteiger partial charge in [-0.15, -0.1) is 0 Å². The third-order valence-corrected chi connectivity index (χ3v) is 7.24. The van der Waals surface area contributed by atoms with Gasteiger partial charge >= 0.3 is 0 Å². The molecule has 5 rings (SSSR count). The third kappa shape index (κ3) is 5.23. The molecule has 0 bridgehead atoms. The van der Waals surface area contributed by atoms with Crippen molar-refractivity contribution in [1.82, 2.24) is 34.3 Å². The summed E-state index contributed by atoms with van der Waals surface area (Å²) in [6.45, 7) is 9.58. The van der Waals surface area contributed by atoms with Gasteiger partial charge < -0.3 is 19.7 Å². The Balaban J connectivity index is 1.41. The Bertz CT molecular complexity index is 1590. The lowest BCUT2D eigenvalue weighted by atomic mass is 10.1. The lowest BCUT2D eigenvalue weighted by molar-refractivity contribution is 0.0738. The van der Waals surface area contributed by atoms with Gasteiger partial charge in [-0.2, -0.15) is 4.39 Å². The summed E-state index contributed by atoms with van der Waals surface area (Å²) in [6.07, 6.45) is 1.74. The minimum absolute atomic E-state index is 0.00652. The average molecular weight is 553 g/mol. The summed E-state index contributed by atoms with van der Waals surface area (Å²) in [5.41, 5.74) is 0.638. The minimum atomic E-state index is -0.938. The number of halogens is 3. The maximum atomic E-state index is 15.0. The fourth-order valence-electron chi connectivity index (χ4n) is 5.10. The van der Waals surface area contributed by atoms with Gasteiger partial charge in [0.05, 0.1) is 17.3 Å². The van der Waals surface area contributed by atoms with Crippen LogP contribution in [-0.4, -0.2) is 72.9 Å². The number of rotatable bonds is 5. The maximum Gasteiger partial charge on any atom is 0.258 e. The van der Waals surface area contributed by atoms with E-state index >= 15 is 0 Å². The molecule has 9 nitrogen and oxygen atoms in total. The predicted octanol–water partition coefficient (Wildman–Crippen LogP) is 5.10. The lowest BCUT2D eigenvalue weighted by Crippen LogP contribution is -2.40. The predicted molar refractivity (Wildman–Crippen MR) is 146 cm³/mol. The van der Waals surface area contributed by atoms with Crippen LogP contribution in [0.15, 0.2) is 30.5 Å². The van der Waals surface area contributed by atoms with Gasteiger partial charge in [-0.05, 0) is 72.0 Å². The van der Waals surface area contributed by atoms with E-state index in [9.17, 15) is 18.0 Å². The summed E-state index contributed by atoms with van der Waals surface area (Å²) in [6, 6.07) is 5.76. The fourth-order valence-corrected chi connectivity index (χ4v) is 5.10. The molecule has 1 atom stereocenters. The summed E-state index contributed by atoms with van der Waals surface area (Å²) in [7, 11) is 2.00. The van der Waals surface area contributed by atoms with Gasteiger partial charge in [0.1, 0.15) is 22.9 Å². The van der Waals surface area contributed by atoms with Crippen LogP contribution in [-0.2, 0) is 0 Å². The molecule has 1 aromatic carbocycles. The first-order valence-electron chi connectivity index (χ1n) is 13.2. The molecular formula is C28H31F3N8O. The van der Waals surface area contributed by atoms with Gasteiger partial charge in [0.15, 0.2) is 11.6 Å². The first kappa shape index (κ1) is 27.5. The Hall–Kier alpha value is -4.06. The van der Waals surface area contributed by atoms with Crippen molar-refractivity contribution < 1.29 is 18.0 Å². The number of carbonyl (C=O) groups is 1. The molecule has 0 unspecified atom stereocenters. The van der Waals surface area contributed by atoms with Crippen LogP contribution in [0.1, 0.15) is 49.4 Å². The minimum Gasteiger partial charge on any atom is -0.337 e. The van der Waals surface area contributed by atoms with Crippen LogP contribution in [0.5, 0.6) is 0 Å². The van der Waals surface area contributed by atoms with Crippen molar-refractivity contribution in [2.45, 2.75) is 46.2 Å². The second-order valence-electron chi connectivity index (χ2n) is 10.4. The monoisotopic (exact) mass is 552 g/mol. The average Bonchev–Trinajstić information content (AvgIpc) is 3.15. The largest absolute Gasteiger partial charge is 0.337 e. The second kappa shape index (κ2) is 10.8. The number of hydrogen-bond acceptors (Lipinski definition) is 7. The number of pyridine rings is 1. The number of amides is 1. The van der Waals surface area contributed by atoms with Gasteiger partial charge in [0, 0.05) is 30.7 Å². The van der Waals surface area contributed by atoms with E-state index < -0.39 is 23.5 Å². The van der Waals surface area contributed by atoms with E-state index in [1.165, 1.54) is 18.2 Å². The number of fused-ring (bicyclic) bond motifs is 1. The first-order valence-corrected chi connectivity index (χ1v) is 13.2. The molecule has 1 saturated heterocycles. The van der Waals surface area contributed by atoms with Gasteiger partial charge in [-0.25, -0.2) is 28.7 Å². The Labute approximate surface area is 230 Å².